The average Bonchev–Trinajstić information content (AvgIpc) is 2.55. The van der Waals surface area contributed by atoms with Gasteiger partial charge in [0, 0.05) is 43.8 Å². The summed E-state index contributed by atoms with van der Waals surface area (Å²) in [6.07, 6.45) is 0.325. The summed E-state index contributed by atoms with van der Waals surface area (Å²) in [7, 11) is 1.75. The molecule has 0 saturated carbocycles. The highest BCUT2D eigenvalue weighted by Crippen LogP contribution is 2.34. The van der Waals surface area contributed by atoms with Crippen molar-refractivity contribution in [2.75, 3.05) is 18.5 Å². The molecule has 1 atom stereocenters. The standard InChI is InChI=1S/C18H18N2O4/c1-11-7-13(21)9-16(24-11)18(23)19-10-12-8-17(22)20(2)15-6-4-3-5-14(12)15/h3-7,9,12H,8,10H2,1-2H3,(H,19,23)/t12-/m1/s1. The maximum absolute atomic E-state index is 12.2. The van der Waals surface area contributed by atoms with Gasteiger partial charge in [-0.1, -0.05) is 18.2 Å². The molecular weight excluding hydrogens is 308 g/mol. The van der Waals surface area contributed by atoms with Crippen LogP contribution in [-0.2, 0) is 4.79 Å². The summed E-state index contributed by atoms with van der Waals surface area (Å²) < 4.78 is 5.28. The summed E-state index contributed by atoms with van der Waals surface area (Å²) in [6, 6.07) is 10.1. The normalized spacial score (nSPS) is 16.7. The van der Waals surface area contributed by atoms with Gasteiger partial charge in [0.05, 0.1) is 0 Å². The summed E-state index contributed by atoms with van der Waals surface area (Å²) in [5.74, 6) is -0.194. The summed E-state index contributed by atoms with van der Waals surface area (Å²) in [5.41, 5.74) is 1.60. The van der Waals surface area contributed by atoms with E-state index in [4.69, 9.17) is 4.42 Å². The number of aryl methyl sites for hydroxylation is 1. The molecule has 1 aromatic heterocycles. The number of hydrogen-bond acceptors (Lipinski definition) is 4. The van der Waals surface area contributed by atoms with E-state index in [9.17, 15) is 14.4 Å². The third kappa shape index (κ3) is 3.08. The highest BCUT2D eigenvalue weighted by Gasteiger charge is 2.29. The first-order chi connectivity index (χ1) is 11.5. The predicted molar refractivity (Wildman–Crippen MR) is 89.3 cm³/mol. The number of nitrogens with zero attached hydrogens (tertiary/aromatic N) is 1. The van der Waals surface area contributed by atoms with Crippen LogP contribution in [0.25, 0.3) is 0 Å². The molecule has 0 bridgehead atoms. The van der Waals surface area contributed by atoms with E-state index in [0.29, 0.717) is 18.7 Å². The van der Waals surface area contributed by atoms with Crippen molar-refractivity contribution in [2.24, 2.45) is 0 Å². The molecule has 2 aromatic rings. The Morgan fingerprint density at radius 3 is 2.79 bits per heavy atom. The summed E-state index contributed by atoms with van der Waals surface area (Å²) in [5, 5.41) is 2.76. The third-order valence-corrected chi connectivity index (χ3v) is 4.16. The first-order valence-corrected chi connectivity index (χ1v) is 7.71. The van der Waals surface area contributed by atoms with Crippen molar-refractivity contribution in [2.45, 2.75) is 19.3 Å². The Hall–Kier alpha value is -2.89. The molecule has 24 heavy (non-hydrogen) atoms. The minimum atomic E-state index is -0.459. The quantitative estimate of drug-likeness (QED) is 0.933. The smallest absolute Gasteiger partial charge is 0.287 e. The van der Waals surface area contributed by atoms with Crippen molar-refractivity contribution in [3.8, 4) is 0 Å². The second-order valence-corrected chi connectivity index (χ2v) is 5.89. The number of benzene rings is 1. The fourth-order valence-electron chi connectivity index (χ4n) is 2.93. The zero-order chi connectivity index (χ0) is 17.3. The van der Waals surface area contributed by atoms with Crippen molar-refractivity contribution in [1.82, 2.24) is 5.32 Å². The van der Waals surface area contributed by atoms with Gasteiger partial charge in [0.1, 0.15) is 5.76 Å². The number of amides is 2. The third-order valence-electron chi connectivity index (χ3n) is 4.16. The Balaban J connectivity index is 1.77. The lowest BCUT2D eigenvalue weighted by atomic mass is 9.89. The largest absolute Gasteiger partial charge is 0.456 e. The lowest BCUT2D eigenvalue weighted by Crippen LogP contribution is -2.37. The van der Waals surface area contributed by atoms with Crippen molar-refractivity contribution < 1.29 is 14.0 Å². The first-order valence-electron chi connectivity index (χ1n) is 7.71. The molecule has 1 aliphatic heterocycles. The van der Waals surface area contributed by atoms with E-state index in [1.165, 1.54) is 6.07 Å². The number of para-hydroxylation sites is 1. The summed E-state index contributed by atoms with van der Waals surface area (Å²) in [4.78, 5) is 37.4. The fourth-order valence-corrected chi connectivity index (χ4v) is 2.93. The van der Waals surface area contributed by atoms with Crippen LogP contribution >= 0.6 is 0 Å². The Kier molecular flexibility index (Phi) is 4.20. The van der Waals surface area contributed by atoms with E-state index >= 15 is 0 Å². The first kappa shape index (κ1) is 16.0. The van der Waals surface area contributed by atoms with Gasteiger partial charge in [0.25, 0.3) is 5.91 Å². The Morgan fingerprint density at radius 1 is 1.29 bits per heavy atom. The molecule has 0 saturated heterocycles. The van der Waals surface area contributed by atoms with Crippen molar-refractivity contribution >= 4 is 17.5 Å². The van der Waals surface area contributed by atoms with E-state index in [-0.39, 0.29) is 23.0 Å². The lowest BCUT2D eigenvalue weighted by Gasteiger charge is -2.31. The van der Waals surface area contributed by atoms with Crippen LogP contribution in [0.15, 0.2) is 45.6 Å². The second-order valence-electron chi connectivity index (χ2n) is 5.89. The molecule has 124 valence electrons. The minimum Gasteiger partial charge on any atom is -0.456 e. The van der Waals surface area contributed by atoms with Gasteiger partial charge in [0.15, 0.2) is 11.2 Å². The number of hydrogen-bond donors (Lipinski definition) is 1. The van der Waals surface area contributed by atoms with Crippen molar-refractivity contribution in [3.63, 3.8) is 0 Å². The van der Waals surface area contributed by atoms with Crippen LogP contribution in [0, 0.1) is 6.92 Å². The van der Waals surface area contributed by atoms with E-state index in [1.54, 1.807) is 18.9 Å². The molecule has 0 aliphatic carbocycles. The number of carbonyl (C=O) groups excluding carboxylic acids is 2. The van der Waals surface area contributed by atoms with Crippen LogP contribution < -0.4 is 15.6 Å². The van der Waals surface area contributed by atoms with Crippen molar-refractivity contribution in [3.05, 3.63) is 63.7 Å². The maximum atomic E-state index is 12.2. The molecule has 0 radical (unpaired) electrons. The maximum Gasteiger partial charge on any atom is 0.287 e. The Bertz CT molecular complexity index is 856. The van der Waals surface area contributed by atoms with Crippen LogP contribution in [-0.4, -0.2) is 25.4 Å². The Morgan fingerprint density at radius 2 is 2.04 bits per heavy atom. The molecule has 3 rings (SSSR count). The van der Waals surface area contributed by atoms with E-state index in [2.05, 4.69) is 5.32 Å². The number of nitrogens with one attached hydrogen (secondary N) is 1. The average molecular weight is 326 g/mol. The molecule has 0 unspecified atom stereocenters. The highest BCUT2D eigenvalue weighted by atomic mass is 16.3. The number of rotatable bonds is 3. The van der Waals surface area contributed by atoms with Gasteiger partial charge in [-0.2, -0.15) is 0 Å². The van der Waals surface area contributed by atoms with Gasteiger partial charge in [-0.05, 0) is 18.6 Å². The van der Waals surface area contributed by atoms with E-state index < -0.39 is 5.91 Å². The fraction of sp³-hybridized carbons (Fsp3) is 0.278. The van der Waals surface area contributed by atoms with Gasteiger partial charge in [-0.3, -0.25) is 14.4 Å². The van der Waals surface area contributed by atoms with Gasteiger partial charge in [-0.15, -0.1) is 0 Å². The molecule has 1 aromatic carbocycles. The number of anilines is 1. The SMILES string of the molecule is Cc1cc(=O)cc(C(=O)NC[C@H]2CC(=O)N(C)c3ccccc32)o1. The monoisotopic (exact) mass is 326 g/mol. The predicted octanol–water partition coefficient (Wildman–Crippen LogP) is 1.83. The van der Waals surface area contributed by atoms with Gasteiger partial charge >= 0.3 is 0 Å². The Labute approximate surface area is 139 Å². The highest BCUT2D eigenvalue weighted by molar-refractivity contribution is 5.97. The summed E-state index contributed by atoms with van der Waals surface area (Å²) in [6.45, 7) is 1.91. The molecule has 6 heteroatoms. The molecule has 2 amide bonds. The molecule has 6 nitrogen and oxygen atoms in total. The number of carbonyl (C=O) groups is 2. The lowest BCUT2D eigenvalue weighted by molar-refractivity contribution is -0.119. The topological polar surface area (TPSA) is 79.6 Å². The molecule has 0 spiro atoms. The van der Waals surface area contributed by atoms with Gasteiger partial charge in [-0.25, -0.2) is 0 Å². The molecule has 1 N–H and O–H groups in total. The van der Waals surface area contributed by atoms with Crippen molar-refractivity contribution in [1.29, 1.82) is 0 Å². The van der Waals surface area contributed by atoms with E-state index in [0.717, 1.165) is 17.3 Å². The van der Waals surface area contributed by atoms with Crippen LogP contribution in [0.4, 0.5) is 5.69 Å². The zero-order valence-corrected chi connectivity index (χ0v) is 13.5. The zero-order valence-electron chi connectivity index (χ0n) is 13.5. The second kappa shape index (κ2) is 6.31. The molecular formula is C18H18N2O4. The molecule has 2 heterocycles. The van der Waals surface area contributed by atoms with E-state index in [1.807, 2.05) is 24.3 Å². The van der Waals surface area contributed by atoms with Crippen LogP contribution in [0.5, 0.6) is 0 Å². The van der Waals surface area contributed by atoms with Crippen LogP contribution in [0.2, 0.25) is 0 Å². The van der Waals surface area contributed by atoms with Gasteiger partial charge in [0.2, 0.25) is 5.91 Å². The van der Waals surface area contributed by atoms with Gasteiger partial charge < -0.3 is 14.6 Å². The number of fused-ring (bicyclic) bond motifs is 1. The molecule has 1 aliphatic rings. The van der Waals surface area contributed by atoms with Crippen LogP contribution in [0.3, 0.4) is 0 Å². The van der Waals surface area contributed by atoms with Crippen LogP contribution in [0.1, 0.15) is 34.2 Å². The minimum absolute atomic E-state index is 0.00929. The molecule has 0 fully saturated rings. The summed E-state index contributed by atoms with van der Waals surface area (Å²) >= 11 is 0.